The molecule has 0 atom stereocenters. The zero-order chi connectivity index (χ0) is 17.2. The summed E-state index contributed by atoms with van der Waals surface area (Å²) in [5, 5.41) is 11.2. The van der Waals surface area contributed by atoms with Gasteiger partial charge in [-0.05, 0) is 17.7 Å². The third kappa shape index (κ3) is 7.37. The molecule has 0 spiro atoms. The second kappa shape index (κ2) is 9.52. The average Bonchev–Trinajstić information content (AvgIpc) is 2.48. The molecule has 0 saturated carbocycles. The van der Waals surface area contributed by atoms with E-state index < -0.39 is 30.1 Å². The Morgan fingerprint density at radius 2 is 2.09 bits per heavy atom. The van der Waals surface area contributed by atoms with E-state index in [4.69, 9.17) is 9.84 Å². The minimum Gasteiger partial charge on any atom is -0.480 e. The number of amides is 2. The zero-order valence-electron chi connectivity index (χ0n) is 12.8. The number of carbonyl (C=O) groups excluding carboxylic acids is 2. The second-order valence-electron chi connectivity index (χ2n) is 4.79. The number of aliphatic carboxylic acids is 1. The Bertz CT molecular complexity index is 565. The Hall–Kier alpha value is -2.48. The van der Waals surface area contributed by atoms with Gasteiger partial charge in [0.15, 0.2) is 0 Å². The summed E-state index contributed by atoms with van der Waals surface area (Å²) in [6, 6.07) is 5.59. The normalized spacial score (nSPS) is 10.2. The lowest BCUT2D eigenvalue weighted by Crippen LogP contribution is -2.44. The van der Waals surface area contributed by atoms with Crippen molar-refractivity contribution in [1.29, 1.82) is 0 Å². The van der Waals surface area contributed by atoms with Gasteiger partial charge in [-0.25, -0.2) is 4.39 Å². The van der Waals surface area contributed by atoms with Crippen LogP contribution >= 0.6 is 0 Å². The van der Waals surface area contributed by atoms with E-state index in [-0.39, 0.29) is 26.1 Å². The van der Waals surface area contributed by atoms with Crippen molar-refractivity contribution >= 4 is 17.8 Å². The molecule has 0 heterocycles. The fourth-order valence-corrected chi connectivity index (χ4v) is 1.84. The molecule has 2 N–H and O–H groups in total. The highest BCUT2D eigenvalue weighted by molar-refractivity contribution is 5.87. The number of methoxy groups -OCH3 is 1. The molecule has 0 aliphatic heterocycles. The molecule has 0 saturated heterocycles. The predicted molar refractivity (Wildman–Crippen MR) is 79.2 cm³/mol. The van der Waals surface area contributed by atoms with E-state index in [9.17, 15) is 18.8 Å². The third-order valence-corrected chi connectivity index (χ3v) is 2.93. The lowest BCUT2D eigenvalue weighted by molar-refractivity contribution is -0.144. The smallest absolute Gasteiger partial charge is 0.323 e. The summed E-state index contributed by atoms with van der Waals surface area (Å²) in [4.78, 5) is 35.5. The monoisotopic (exact) mass is 326 g/mol. The molecule has 1 rings (SSSR count). The number of halogens is 1. The average molecular weight is 326 g/mol. The molecule has 0 aliphatic carbocycles. The first-order chi connectivity index (χ1) is 10.9. The van der Waals surface area contributed by atoms with Crippen LogP contribution in [0.15, 0.2) is 24.3 Å². The summed E-state index contributed by atoms with van der Waals surface area (Å²) in [6.07, 6.45) is -0.0674. The molecule has 1 aromatic carbocycles. The number of hydrogen-bond acceptors (Lipinski definition) is 4. The topological polar surface area (TPSA) is 95.9 Å². The van der Waals surface area contributed by atoms with Crippen LogP contribution in [-0.2, 0) is 25.5 Å². The number of carboxylic acids is 1. The van der Waals surface area contributed by atoms with Crippen molar-refractivity contribution in [1.82, 2.24) is 10.2 Å². The number of hydrogen-bond donors (Lipinski definition) is 2. The van der Waals surface area contributed by atoms with Crippen LogP contribution in [0.5, 0.6) is 0 Å². The van der Waals surface area contributed by atoms with Crippen molar-refractivity contribution in [3.63, 3.8) is 0 Å². The van der Waals surface area contributed by atoms with Crippen LogP contribution in [0.4, 0.5) is 4.39 Å². The van der Waals surface area contributed by atoms with Crippen LogP contribution in [0.3, 0.4) is 0 Å². The van der Waals surface area contributed by atoms with E-state index in [1.165, 1.54) is 25.3 Å². The number of nitrogens with zero attached hydrogens (tertiary/aromatic N) is 1. The number of ether oxygens (including phenoxy) is 1. The number of carbonyl (C=O) groups is 3. The Labute approximate surface area is 133 Å². The van der Waals surface area contributed by atoms with E-state index in [0.717, 1.165) is 4.90 Å². The van der Waals surface area contributed by atoms with E-state index in [2.05, 4.69) is 5.32 Å². The Morgan fingerprint density at radius 3 is 2.70 bits per heavy atom. The van der Waals surface area contributed by atoms with Gasteiger partial charge in [0, 0.05) is 13.7 Å². The van der Waals surface area contributed by atoms with Crippen LogP contribution in [0.25, 0.3) is 0 Å². The van der Waals surface area contributed by atoms with Gasteiger partial charge in [0.05, 0.1) is 19.6 Å². The minimum atomic E-state index is -1.15. The van der Waals surface area contributed by atoms with Crippen molar-refractivity contribution in [2.45, 2.75) is 6.42 Å². The van der Waals surface area contributed by atoms with Gasteiger partial charge < -0.3 is 20.1 Å². The lowest BCUT2D eigenvalue weighted by Gasteiger charge is -2.20. The first kappa shape index (κ1) is 18.6. The second-order valence-corrected chi connectivity index (χ2v) is 4.79. The molecule has 0 radical (unpaired) electrons. The molecule has 23 heavy (non-hydrogen) atoms. The summed E-state index contributed by atoms with van der Waals surface area (Å²) < 4.78 is 17.8. The lowest BCUT2D eigenvalue weighted by atomic mass is 10.1. The number of nitrogens with one attached hydrogen (secondary N) is 1. The Morgan fingerprint density at radius 1 is 1.35 bits per heavy atom. The third-order valence-electron chi connectivity index (χ3n) is 2.93. The van der Waals surface area contributed by atoms with Crippen LogP contribution < -0.4 is 5.32 Å². The van der Waals surface area contributed by atoms with Crippen molar-refractivity contribution in [2.75, 3.05) is 33.4 Å². The molecule has 0 fully saturated rings. The van der Waals surface area contributed by atoms with Crippen LogP contribution in [-0.4, -0.2) is 61.1 Å². The Balaban J connectivity index is 2.48. The van der Waals surface area contributed by atoms with Gasteiger partial charge >= 0.3 is 5.97 Å². The highest BCUT2D eigenvalue weighted by atomic mass is 19.1. The van der Waals surface area contributed by atoms with Crippen LogP contribution in [0.2, 0.25) is 0 Å². The van der Waals surface area contributed by atoms with Crippen LogP contribution in [0, 0.1) is 5.82 Å². The maximum atomic E-state index is 13.0. The van der Waals surface area contributed by atoms with Gasteiger partial charge in [0.1, 0.15) is 12.4 Å². The highest BCUT2D eigenvalue weighted by Gasteiger charge is 2.17. The molecule has 0 bridgehead atoms. The van der Waals surface area contributed by atoms with E-state index in [1.807, 2.05) is 0 Å². The van der Waals surface area contributed by atoms with Gasteiger partial charge in [-0.1, -0.05) is 12.1 Å². The van der Waals surface area contributed by atoms with E-state index >= 15 is 0 Å². The summed E-state index contributed by atoms with van der Waals surface area (Å²) in [6.45, 7) is -0.495. The number of carboxylic acid groups (broad SMARTS) is 1. The fraction of sp³-hybridized carbons (Fsp3) is 0.400. The molecule has 8 heteroatoms. The molecule has 1 aromatic rings. The standard InChI is InChI=1S/C15H19FN2O5/c1-23-6-5-18(10-15(21)22)14(20)9-17-13(19)8-11-3-2-4-12(16)7-11/h2-4,7H,5-6,8-10H2,1H3,(H,17,19)(H,21,22). The van der Waals surface area contributed by atoms with E-state index in [1.54, 1.807) is 6.07 Å². The molecule has 0 unspecified atom stereocenters. The summed E-state index contributed by atoms with van der Waals surface area (Å²) >= 11 is 0. The van der Waals surface area contributed by atoms with Crippen LogP contribution in [0.1, 0.15) is 5.56 Å². The van der Waals surface area contributed by atoms with Gasteiger partial charge in [-0.15, -0.1) is 0 Å². The molecule has 7 nitrogen and oxygen atoms in total. The summed E-state index contributed by atoms with van der Waals surface area (Å²) in [5.41, 5.74) is 0.483. The molecule has 126 valence electrons. The first-order valence-electron chi connectivity index (χ1n) is 6.92. The van der Waals surface area contributed by atoms with Crippen molar-refractivity contribution in [2.24, 2.45) is 0 Å². The maximum absolute atomic E-state index is 13.0. The predicted octanol–water partition coefficient (Wildman–Crippen LogP) is 0.0440. The fourth-order valence-electron chi connectivity index (χ4n) is 1.84. The maximum Gasteiger partial charge on any atom is 0.323 e. The van der Waals surface area contributed by atoms with Gasteiger partial charge in [0.25, 0.3) is 0 Å². The molecular formula is C15H19FN2O5. The SMILES string of the molecule is COCCN(CC(=O)O)C(=O)CNC(=O)Cc1cccc(F)c1. The van der Waals surface area contributed by atoms with Gasteiger partial charge in [-0.3, -0.25) is 14.4 Å². The number of benzene rings is 1. The molecule has 2 amide bonds. The summed E-state index contributed by atoms with van der Waals surface area (Å²) in [5.74, 6) is -2.58. The van der Waals surface area contributed by atoms with Crippen molar-refractivity contribution in [3.8, 4) is 0 Å². The largest absolute Gasteiger partial charge is 0.480 e. The highest BCUT2D eigenvalue weighted by Crippen LogP contribution is 2.04. The van der Waals surface area contributed by atoms with Gasteiger partial charge in [-0.2, -0.15) is 0 Å². The van der Waals surface area contributed by atoms with Gasteiger partial charge in [0.2, 0.25) is 11.8 Å². The first-order valence-corrected chi connectivity index (χ1v) is 6.92. The molecule has 0 aromatic heterocycles. The van der Waals surface area contributed by atoms with Crippen molar-refractivity contribution in [3.05, 3.63) is 35.6 Å². The van der Waals surface area contributed by atoms with E-state index in [0.29, 0.717) is 5.56 Å². The van der Waals surface area contributed by atoms with Crippen molar-refractivity contribution < 1.29 is 28.6 Å². The Kier molecular flexibility index (Phi) is 7.69. The number of rotatable bonds is 9. The quantitative estimate of drug-likeness (QED) is 0.668. The molecular weight excluding hydrogens is 307 g/mol. The minimum absolute atomic E-state index is 0.0674. The summed E-state index contributed by atoms with van der Waals surface area (Å²) in [7, 11) is 1.43. The molecule has 0 aliphatic rings. The zero-order valence-corrected chi connectivity index (χ0v) is 12.8.